The molecule has 30 heavy (non-hydrogen) atoms. The van der Waals surface area contributed by atoms with Crippen LogP contribution < -0.4 is 10.6 Å². The molecule has 1 atom stereocenters. The molecule has 1 aliphatic heterocycles. The number of carbonyl (C=O) groups is 3. The highest BCUT2D eigenvalue weighted by atomic mass is 35.5. The number of fused-ring (bicyclic) bond motifs is 1. The van der Waals surface area contributed by atoms with Gasteiger partial charge in [0.15, 0.2) is 0 Å². The number of halogens is 1. The van der Waals surface area contributed by atoms with Gasteiger partial charge < -0.3 is 15.7 Å². The van der Waals surface area contributed by atoms with Crippen LogP contribution in [0.4, 0.5) is 11.5 Å². The molecule has 2 amide bonds. The van der Waals surface area contributed by atoms with E-state index in [0.717, 1.165) is 11.1 Å². The number of aromatic carboxylic acids is 1. The summed E-state index contributed by atoms with van der Waals surface area (Å²) in [6, 6.07) is 12.2. The average molecular weight is 425 g/mol. The Kier molecular flexibility index (Phi) is 5.01. The van der Waals surface area contributed by atoms with Crippen LogP contribution in [0.5, 0.6) is 0 Å². The lowest BCUT2D eigenvalue weighted by atomic mass is 10.1. The number of hydrogen-bond donors (Lipinski definition) is 3. The first-order valence-corrected chi connectivity index (χ1v) is 9.50. The molecule has 9 heteroatoms. The number of aromatic nitrogens is 2. The minimum absolute atomic E-state index is 0.0508. The molecule has 3 N–H and O–H groups in total. The Hall–Kier alpha value is -3.65. The van der Waals surface area contributed by atoms with Gasteiger partial charge in [-0.25, -0.2) is 9.48 Å². The van der Waals surface area contributed by atoms with E-state index in [1.807, 2.05) is 19.1 Å². The largest absolute Gasteiger partial charge is 0.478 e. The molecular formula is C21H17ClN4O4. The van der Waals surface area contributed by atoms with E-state index in [-0.39, 0.29) is 17.9 Å². The topological polar surface area (TPSA) is 113 Å². The molecule has 152 valence electrons. The van der Waals surface area contributed by atoms with Crippen molar-refractivity contribution in [3.8, 4) is 11.3 Å². The molecule has 0 bridgehead atoms. The van der Waals surface area contributed by atoms with E-state index in [1.54, 1.807) is 18.2 Å². The zero-order valence-electron chi connectivity index (χ0n) is 15.8. The third-order valence-electron chi connectivity index (χ3n) is 4.88. The van der Waals surface area contributed by atoms with E-state index in [4.69, 9.17) is 16.7 Å². The van der Waals surface area contributed by atoms with Gasteiger partial charge in [0.2, 0.25) is 11.8 Å². The number of nitrogens with zero attached hydrogens (tertiary/aromatic N) is 2. The van der Waals surface area contributed by atoms with E-state index < -0.39 is 17.9 Å². The van der Waals surface area contributed by atoms with Gasteiger partial charge in [0, 0.05) is 21.8 Å². The molecule has 3 aromatic rings. The highest BCUT2D eigenvalue weighted by molar-refractivity contribution is 6.30. The third kappa shape index (κ3) is 3.65. The fourth-order valence-electron chi connectivity index (χ4n) is 3.38. The molecule has 0 saturated heterocycles. The quantitative estimate of drug-likeness (QED) is 0.590. The van der Waals surface area contributed by atoms with Crippen LogP contribution in [-0.4, -0.2) is 32.7 Å². The summed E-state index contributed by atoms with van der Waals surface area (Å²) in [6.45, 7) is 1.82. The van der Waals surface area contributed by atoms with Gasteiger partial charge in [-0.15, -0.1) is 0 Å². The zero-order chi connectivity index (χ0) is 21.4. The van der Waals surface area contributed by atoms with E-state index in [9.17, 15) is 14.4 Å². The van der Waals surface area contributed by atoms with Gasteiger partial charge in [0.1, 0.15) is 11.9 Å². The summed E-state index contributed by atoms with van der Waals surface area (Å²) >= 11 is 5.96. The number of carboxylic acid groups (broad SMARTS) is 1. The van der Waals surface area contributed by atoms with E-state index in [0.29, 0.717) is 22.2 Å². The molecule has 1 aliphatic rings. The fraction of sp³-hybridized carbons (Fsp3) is 0.143. The standard InChI is InChI=1S/C21H17ClN4O4/c1-11-18(12-5-7-14(22)8-6-12)25-26-16(10-17(27)24-19(11)26)20(28)23-15-4-2-3-13(9-15)21(29)30/h2-9,16H,10H2,1H3,(H,23,28)(H,24,27)(H,29,30). The number of benzene rings is 2. The van der Waals surface area contributed by atoms with Gasteiger partial charge in [-0.3, -0.25) is 9.59 Å². The number of carboxylic acids is 1. The maximum atomic E-state index is 12.9. The van der Waals surface area contributed by atoms with Gasteiger partial charge in [-0.1, -0.05) is 29.8 Å². The first kappa shape index (κ1) is 19.7. The van der Waals surface area contributed by atoms with Crippen molar-refractivity contribution in [2.75, 3.05) is 10.6 Å². The monoisotopic (exact) mass is 424 g/mol. The minimum atomic E-state index is -1.10. The Morgan fingerprint density at radius 2 is 1.97 bits per heavy atom. The summed E-state index contributed by atoms with van der Waals surface area (Å²) in [4.78, 5) is 36.3. The number of carbonyl (C=O) groups excluding carboxylic acids is 2. The second kappa shape index (κ2) is 7.64. The number of rotatable bonds is 4. The second-order valence-electron chi connectivity index (χ2n) is 6.92. The van der Waals surface area contributed by atoms with Gasteiger partial charge in [-0.2, -0.15) is 5.10 Å². The summed E-state index contributed by atoms with van der Waals surface area (Å²) in [5, 5.41) is 19.8. The lowest BCUT2D eigenvalue weighted by Gasteiger charge is -2.24. The Morgan fingerprint density at radius 1 is 1.23 bits per heavy atom. The van der Waals surface area contributed by atoms with Crippen LogP contribution in [0.3, 0.4) is 0 Å². The fourth-order valence-corrected chi connectivity index (χ4v) is 3.51. The molecule has 0 saturated carbocycles. The first-order valence-electron chi connectivity index (χ1n) is 9.12. The van der Waals surface area contributed by atoms with Gasteiger partial charge >= 0.3 is 5.97 Å². The predicted molar refractivity (Wildman–Crippen MR) is 112 cm³/mol. The molecule has 0 spiro atoms. The summed E-state index contributed by atoms with van der Waals surface area (Å²) in [5.41, 5.74) is 2.55. The molecule has 0 radical (unpaired) electrons. The predicted octanol–water partition coefficient (Wildman–Crippen LogP) is 3.73. The lowest BCUT2D eigenvalue weighted by molar-refractivity contribution is -0.125. The van der Waals surface area contributed by atoms with Crippen LogP contribution in [0.1, 0.15) is 28.4 Å². The van der Waals surface area contributed by atoms with Gasteiger partial charge in [-0.05, 0) is 37.3 Å². The maximum Gasteiger partial charge on any atom is 0.335 e. The smallest absolute Gasteiger partial charge is 0.335 e. The van der Waals surface area contributed by atoms with Crippen LogP contribution in [0.25, 0.3) is 11.3 Å². The molecule has 1 unspecified atom stereocenters. The Balaban J connectivity index is 1.68. The van der Waals surface area contributed by atoms with Gasteiger partial charge in [0.05, 0.1) is 17.7 Å². The molecule has 0 aliphatic carbocycles. The van der Waals surface area contributed by atoms with Crippen molar-refractivity contribution in [3.63, 3.8) is 0 Å². The van der Waals surface area contributed by atoms with Crippen LogP contribution in [0.15, 0.2) is 48.5 Å². The van der Waals surface area contributed by atoms with Crippen LogP contribution >= 0.6 is 11.6 Å². The molecule has 2 heterocycles. The SMILES string of the molecule is Cc1c(-c2ccc(Cl)cc2)nn2c1NC(=O)CC2C(=O)Nc1cccc(C(=O)O)c1. The summed E-state index contributed by atoms with van der Waals surface area (Å²) < 4.78 is 1.50. The zero-order valence-corrected chi connectivity index (χ0v) is 16.6. The number of hydrogen-bond acceptors (Lipinski definition) is 4. The normalized spacial score (nSPS) is 15.3. The summed E-state index contributed by atoms with van der Waals surface area (Å²) in [6.07, 6.45) is -0.0847. The van der Waals surface area contributed by atoms with Crippen LogP contribution in [0, 0.1) is 6.92 Å². The van der Waals surface area contributed by atoms with E-state index >= 15 is 0 Å². The Morgan fingerprint density at radius 3 is 2.67 bits per heavy atom. The molecule has 8 nitrogen and oxygen atoms in total. The molecule has 0 fully saturated rings. The molecule has 1 aromatic heterocycles. The number of amides is 2. The third-order valence-corrected chi connectivity index (χ3v) is 5.13. The van der Waals surface area contributed by atoms with Crippen molar-refractivity contribution in [1.82, 2.24) is 9.78 Å². The van der Waals surface area contributed by atoms with Crippen molar-refractivity contribution in [2.45, 2.75) is 19.4 Å². The van der Waals surface area contributed by atoms with Crippen LogP contribution in [-0.2, 0) is 9.59 Å². The van der Waals surface area contributed by atoms with Crippen molar-refractivity contribution in [3.05, 3.63) is 64.7 Å². The van der Waals surface area contributed by atoms with Crippen molar-refractivity contribution >= 4 is 40.9 Å². The van der Waals surface area contributed by atoms with Crippen molar-refractivity contribution in [1.29, 1.82) is 0 Å². The van der Waals surface area contributed by atoms with E-state index in [2.05, 4.69) is 15.7 Å². The lowest BCUT2D eigenvalue weighted by Crippen LogP contribution is -2.36. The molecular weight excluding hydrogens is 408 g/mol. The maximum absolute atomic E-state index is 12.9. The van der Waals surface area contributed by atoms with Crippen LogP contribution in [0.2, 0.25) is 5.02 Å². The minimum Gasteiger partial charge on any atom is -0.478 e. The highest BCUT2D eigenvalue weighted by Crippen LogP contribution is 2.34. The highest BCUT2D eigenvalue weighted by Gasteiger charge is 2.34. The first-order chi connectivity index (χ1) is 14.3. The Labute approximate surface area is 176 Å². The second-order valence-corrected chi connectivity index (χ2v) is 7.35. The van der Waals surface area contributed by atoms with Crippen molar-refractivity contribution < 1.29 is 19.5 Å². The van der Waals surface area contributed by atoms with E-state index in [1.165, 1.54) is 22.9 Å². The Bertz CT molecular complexity index is 1170. The van der Waals surface area contributed by atoms with Gasteiger partial charge in [0.25, 0.3) is 0 Å². The number of anilines is 2. The van der Waals surface area contributed by atoms with Crippen molar-refractivity contribution in [2.24, 2.45) is 0 Å². The molecule has 2 aromatic carbocycles. The number of nitrogens with one attached hydrogen (secondary N) is 2. The average Bonchev–Trinajstić information content (AvgIpc) is 3.04. The summed E-state index contributed by atoms with van der Waals surface area (Å²) in [5.74, 6) is -1.40. The summed E-state index contributed by atoms with van der Waals surface area (Å²) in [7, 11) is 0. The molecule has 4 rings (SSSR count).